The van der Waals surface area contributed by atoms with Gasteiger partial charge in [0.05, 0.1) is 10.7 Å². The Kier molecular flexibility index (Phi) is 2.47. The van der Waals surface area contributed by atoms with Gasteiger partial charge in [0.1, 0.15) is 0 Å². The predicted octanol–water partition coefficient (Wildman–Crippen LogP) is 2.81. The average molecular weight is 222 g/mol. The lowest BCUT2D eigenvalue weighted by atomic mass is 10.1. The van der Waals surface area contributed by atoms with Gasteiger partial charge in [0, 0.05) is 11.8 Å². The zero-order valence-electron chi connectivity index (χ0n) is 7.68. The molecule has 2 aromatic rings. The third-order valence-corrected chi connectivity index (χ3v) is 2.22. The van der Waals surface area contributed by atoms with Gasteiger partial charge in [-0.15, -0.1) is 0 Å². The van der Waals surface area contributed by atoms with Crippen molar-refractivity contribution >= 4 is 11.6 Å². The van der Waals surface area contributed by atoms with Crippen LogP contribution in [-0.4, -0.2) is 15.2 Å². The summed E-state index contributed by atoms with van der Waals surface area (Å²) in [4.78, 5) is 4.09. The molecule has 0 saturated heterocycles. The van der Waals surface area contributed by atoms with Crippen molar-refractivity contribution in [2.45, 2.75) is 0 Å². The lowest BCUT2D eigenvalue weighted by Crippen LogP contribution is -1.82. The maximum absolute atomic E-state index is 9.31. The normalized spacial score (nSPS) is 10.2. The van der Waals surface area contributed by atoms with Gasteiger partial charge in [-0.2, -0.15) is 0 Å². The largest absolute Gasteiger partial charge is 0.504 e. The Balaban J connectivity index is 2.45. The molecule has 0 saturated carbocycles. The Hall–Kier alpha value is -1.74. The highest BCUT2D eigenvalue weighted by Gasteiger charge is 2.03. The summed E-state index contributed by atoms with van der Waals surface area (Å²) in [5.74, 6) is -0.308. The van der Waals surface area contributed by atoms with E-state index in [4.69, 9.17) is 16.7 Å². The number of hydrogen-bond donors (Lipinski definition) is 2. The zero-order chi connectivity index (χ0) is 10.8. The van der Waals surface area contributed by atoms with Crippen molar-refractivity contribution in [1.29, 1.82) is 0 Å². The molecule has 0 fully saturated rings. The summed E-state index contributed by atoms with van der Waals surface area (Å²) >= 11 is 5.70. The van der Waals surface area contributed by atoms with Crippen LogP contribution < -0.4 is 0 Å². The number of phenolic OH excluding ortho intramolecular Hbond substituents is 2. The van der Waals surface area contributed by atoms with Crippen LogP contribution in [0, 0.1) is 0 Å². The van der Waals surface area contributed by atoms with Gasteiger partial charge in [-0.1, -0.05) is 11.6 Å². The van der Waals surface area contributed by atoms with Gasteiger partial charge < -0.3 is 10.2 Å². The monoisotopic (exact) mass is 221 g/mol. The Morgan fingerprint density at radius 1 is 1.00 bits per heavy atom. The number of aromatic hydroxyl groups is 2. The summed E-state index contributed by atoms with van der Waals surface area (Å²) in [6, 6.07) is 8.00. The van der Waals surface area contributed by atoms with Crippen LogP contribution >= 0.6 is 11.6 Å². The summed E-state index contributed by atoms with van der Waals surface area (Å²) in [5.41, 5.74) is 1.41. The number of nitrogens with zero attached hydrogens (tertiary/aromatic N) is 1. The van der Waals surface area contributed by atoms with Gasteiger partial charge in [0.25, 0.3) is 0 Å². The molecule has 1 aromatic heterocycles. The molecule has 0 aliphatic carbocycles. The molecule has 3 nitrogen and oxygen atoms in total. The molecule has 0 unspecified atom stereocenters. The first-order valence-corrected chi connectivity index (χ1v) is 4.68. The highest BCUT2D eigenvalue weighted by molar-refractivity contribution is 6.30. The molecule has 1 heterocycles. The van der Waals surface area contributed by atoms with Gasteiger partial charge in [-0.3, -0.25) is 4.98 Å². The smallest absolute Gasteiger partial charge is 0.158 e. The van der Waals surface area contributed by atoms with Crippen LogP contribution in [0.2, 0.25) is 5.02 Å². The van der Waals surface area contributed by atoms with Gasteiger partial charge in [-0.05, 0) is 30.3 Å². The number of halogens is 1. The molecule has 0 radical (unpaired) electrons. The molecular formula is C11H8ClNO2. The Bertz CT molecular complexity index is 482. The van der Waals surface area contributed by atoms with Crippen molar-refractivity contribution in [2.75, 3.05) is 0 Å². The number of aromatic nitrogens is 1. The van der Waals surface area contributed by atoms with Crippen molar-refractivity contribution in [2.24, 2.45) is 0 Å². The van der Waals surface area contributed by atoms with E-state index in [0.29, 0.717) is 10.7 Å². The topological polar surface area (TPSA) is 53.4 Å². The summed E-state index contributed by atoms with van der Waals surface area (Å²) in [7, 11) is 0. The van der Waals surface area contributed by atoms with E-state index in [-0.39, 0.29) is 11.5 Å². The third kappa shape index (κ3) is 2.02. The lowest BCUT2D eigenvalue weighted by molar-refractivity contribution is 0.404. The summed E-state index contributed by atoms with van der Waals surface area (Å²) < 4.78 is 0. The Morgan fingerprint density at radius 3 is 2.40 bits per heavy atom. The second-order valence-electron chi connectivity index (χ2n) is 3.07. The molecule has 1 aromatic carbocycles. The summed E-state index contributed by atoms with van der Waals surface area (Å²) in [5, 5.41) is 19.0. The van der Waals surface area contributed by atoms with Gasteiger partial charge in [0.2, 0.25) is 0 Å². The van der Waals surface area contributed by atoms with E-state index in [9.17, 15) is 5.11 Å². The fourth-order valence-electron chi connectivity index (χ4n) is 1.23. The van der Waals surface area contributed by atoms with Crippen LogP contribution in [0.5, 0.6) is 11.5 Å². The van der Waals surface area contributed by atoms with Crippen LogP contribution in [0.1, 0.15) is 0 Å². The van der Waals surface area contributed by atoms with Crippen LogP contribution in [0.3, 0.4) is 0 Å². The molecule has 0 aliphatic heterocycles. The van der Waals surface area contributed by atoms with E-state index in [1.807, 2.05) is 0 Å². The van der Waals surface area contributed by atoms with Crippen LogP contribution in [-0.2, 0) is 0 Å². The molecule has 0 bridgehead atoms. The summed E-state index contributed by atoms with van der Waals surface area (Å²) in [6.07, 6.45) is 1.53. The summed E-state index contributed by atoms with van der Waals surface area (Å²) in [6.45, 7) is 0. The van der Waals surface area contributed by atoms with E-state index < -0.39 is 0 Å². The van der Waals surface area contributed by atoms with Crippen molar-refractivity contribution < 1.29 is 10.2 Å². The van der Waals surface area contributed by atoms with Crippen LogP contribution in [0.4, 0.5) is 0 Å². The van der Waals surface area contributed by atoms with E-state index in [2.05, 4.69) is 4.98 Å². The molecule has 0 atom stereocenters. The zero-order valence-corrected chi connectivity index (χ0v) is 8.44. The number of pyridine rings is 1. The van der Waals surface area contributed by atoms with Crippen LogP contribution in [0.25, 0.3) is 11.3 Å². The Labute approximate surface area is 91.6 Å². The first-order valence-electron chi connectivity index (χ1n) is 4.31. The standard InChI is InChI=1S/C11H8ClNO2/c12-8-2-3-9(13-6-8)7-1-4-10(14)11(15)5-7/h1-6,14-15H. The number of phenols is 2. The van der Waals surface area contributed by atoms with Gasteiger partial charge >= 0.3 is 0 Å². The fraction of sp³-hybridized carbons (Fsp3) is 0. The van der Waals surface area contributed by atoms with E-state index in [1.54, 1.807) is 18.2 Å². The van der Waals surface area contributed by atoms with Crippen molar-refractivity contribution in [1.82, 2.24) is 4.98 Å². The number of benzene rings is 1. The maximum atomic E-state index is 9.31. The van der Waals surface area contributed by atoms with Crippen LogP contribution in [0.15, 0.2) is 36.5 Å². The quantitative estimate of drug-likeness (QED) is 0.728. The van der Waals surface area contributed by atoms with Gasteiger partial charge in [-0.25, -0.2) is 0 Å². The molecule has 2 N–H and O–H groups in total. The first-order chi connectivity index (χ1) is 7.16. The molecule has 0 spiro atoms. The number of hydrogen-bond acceptors (Lipinski definition) is 3. The molecular weight excluding hydrogens is 214 g/mol. The van der Waals surface area contributed by atoms with Crippen molar-refractivity contribution in [3.05, 3.63) is 41.6 Å². The highest BCUT2D eigenvalue weighted by atomic mass is 35.5. The highest BCUT2D eigenvalue weighted by Crippen LogP contribution is 2.29. The third-order valence-electron chi connectivity index (χ3n) is 2.00. The second-order valence-corrected chi connectivity index (χ2v) is 3.50. The molecule has 2 rings (SSSR count). The molecule has 76 valence electrons. The fourth-order valence-corrected chi connectivity index (χ4v) is 1.34. The van der Waals surface area contributed by atoms with E-state index >= 15 is 0 Å². The van der Waals surface area contributed by atoms with Crippen molar-refractivity contribution in [3.8, 4) is 22.8 Å². The lowest BCUT2D eigenvalue weighted by Gasteiger charge is -2.02. The minimum absolute atomic E-state index is 0.146. The minimum Gasteiger partial charge on any atom is -0.504 e. The molecule has 0 aliphatic rings. The van der Waals surface area contributed by atoms with E-state index in [1.165, 1.54) is 18.3 Å². The molecule has 0 amide bonds. The predicted molar refractivity (Wildman–Crippen MR) is 58.0 cm³/mol. The Morgan fingerprint density at radius 2 is 1.80 bits per heavy atom. The first kappa shape index (κ1) is 9.80. The molecule has 4 heteroatoms. The maximum Gasteiger partial charge on any atom is 0.158 e. The van der Waals surface area contributed by atoms with Crippen molar-refractivity contribution in [3.63, 3.8) is 0 Å². The average Bonchev–Trinajstić information content (AvgIpc) is 2.23. The SMILES string of the molecule is Oc1ccc(-c2ccc(Cl)cn2)cc1O. The molecule has 15 heavy (non-hydrogen) atoms. The second kappa shape index (κ2) is 3.79. The minimum atomic E-state index is -0.163. The van der Waals surface area contributed by atoms with Gasteiger partial charge in [0.15, 0.2) is 11.5 Å². The number of rotatable bonds is 1. The van der Waals surface area contributed by atoms with E-state index in [0.717, 1.165) is 5.56 Å².